The number of sulfonamides is 1. The highest BCUT2D eigenvalue weighted by Gasteiger charge is 2.30. The molecule has 0 aromatic heterocycles. The Morgan fingerprint density at radius 2 is 1.44 bits per heavy atom. The molecule has 27 heavy (non-hydrogen) atoms. The molecular formula is C21H28N2O3S. The van der Waals surface area contributed by atoms with Gasteiger partial charge in [0.25, 0.3) is 0 Å². The van der Waals surface area contributed by atoms with Gasteiger partial charge >= 0.3 is 0 Å². The number of benzene rings is 2. The van der Waals surface area contributed by atoms with Crippen molar-refractivity contribution in [2.24, 2.45) is 0 Å². The van der Waals surface area contributed by atoms with E-state index in [1.165, 1.54) is 22.4 Å². The van der Waals surface area contributed by atoms with Crippen LogP contribution in [0.15, 0.2) is 35.2 Å². The summed E-state index contributed by atoms with van der Waals surface area (Å²) < 4.78 is 33.0. The quantitative estimate of drug-likeness (QED) is 0.805. The van der Waals surface area contributed by atoms with Crippen molar-refractivity contribution in [3.05, 3.63) is 52.6 Å². The molecule has 0 aliphatic carbocycles. The molecule has 0 unspecified atom stereocenters. The highest BCUT2D eigenvalue weighted by atomic mass is 32.2. The molecule has 1 heterocycles. The molecule has 3 rings (SSSR count). The van der Waals surface area contributed by atoms with Gasteiger partial charge in [-0.1, -0.05) is 17.7 Å². The summed E-state index contributed by atoms with van der Waals surface area (Å²) >= 11 is 0. The molecule has 6 heteroatoms. The van der Waals surface area contributed by atoms with Crippen molar-refractivity contribution >= 4 is 15.7 Å². The number of hydrogen-bond acceptors (Lipinski definition) is 4. The number of nitrogens with zero attached hydrogens (tertiary/aromatic N) is 2. The molecule has 0 saturated carbocycles. The number of aryl methyl sites for hydroxylation is 4. The van der Waals surface area contributed by atoms with Crippen molar-refractivity contribution in [1.82, 2.24) is 4.31 Å². The zero-order valence-corrected chi connectivity index (χ0v) is 17.6. The number of methoxy groups -OCH3 is 1. The standard InChI is InChI=1S/C21H28N2O3S/c1-15-12-17(3)21(18(4)13-15)22-8-10-23(11-9-22)27(24,25)20-7-6-19(26-5)14-16(20)2/h6-7,12-14H,8-11H2,1-5H3. The number of ether oxygens (including phenoxy) is 1. The third-order valence-electron chi connectivity index (χ3n) is 5.19. The first kappa shape index (κ1) is 19.7. The first-order chi connectivity index (χ1) is 12.7. The van der Waals surface area contributed by atoms with Crippen LogP contribution in [0.1, 0.15) is 22.3 Å². The zero-order chi connectivity index (χ0) is 19.8. The molecule has 1 fully saturated rings. The second kappa shape index (κ2) is 7.52. The SMILES string of the molecule is COc1ccc(S(=O)(=O)N2CCN(c3c(C)cc(C)cc3C)CC2)c(C)c1. The molecule has 0 atom stereocenters. The summed E-state index contributed by atoms with van der Waals surface area (Å²) in [6.07, 6.45) is 0. The van der Waals surface area contributed by atoms with Gasteiger partial charge in [0.2, 0.25) is 10.0 Å². The average molecular weight is 389 g/mol. The fourth-order valence-corrected chi connectivity index (χ4v) is 5.63. The number of rotatable bonds is 4. The lowest BCUT2D eigenvalue weighted by Gasteiger charge is -2.37. The largest absolute Gasteiger partial charge is 0.497 e. The van der Waals surface area contributed by atoms with Crippen molar-refractivity contribution in [3.8, 4) is 5.75 Å². The normalized spacial score (nSPS) is 15.8. The van der Waals surface area contributed by atoms with Crippen LogP contribution < -0.4 is 9.64 Å². The Morgan fingerprint density at radius 1 is 0.852 bits per heavy atom. The Labute approximate surface area is 162 Å². The Kier molecular flexibility index (Phi) is 5.49. The molecule has 146 valence electrons. The fourth-order valence-electron chi connectivity index (χ4n) is 4.00. The van der Waals surface area contributed by atoms with Gasteiger partial charge in [0, 0.05) is 31.9 Å². The smallest absolute Gasteiger partial charge is 0.243 e. The highest BCUT2D eigenvalue weighted by Crippen LogP contribution is 2.29. The van der Waals surface area contributed by atoms with E-state index in [1.54, 1.807) is 29.6 Å². The minimum absolute atomic E-state index is 0.361. The van der Waals surface area contributed by atoms with Gasteiger partial charge in [0.05, 0.1) is 12.0 Å². The Hall–Kier alpha value is -2.05. The monoisotopic (exact) mass is 388 g/mol. The van der Waals surface area contributed by atoms with Gasteiger partial charge in [-0.25, -0.2) is 8.42 Å². The topological polar surface area (TPSA) is 49.9 Å². The molecule has 0 bridgehead atoms. The molecular weight excluding hydrogens is 360 g/mol. The molecule has 1 aliphatic rings. The Morgan fingerprint density at radius 3 is 1.96 bits per heavy atom. The molecule has 0 radical (unpaired) electrons. The summed E-state index contributed by atoms with van der Waals surface area (Å²) in [5, 5.41) is 0. The summed E-state index contributed by atoms with van der Waals surface area (Å²) in [4.78, 5) is 2.66. The van der Waals surface area contributed by atoms with E-state index in [4.69, 9.17) is 4.74 Å². The number of hydrogen-bond donors (Lipinski definition) is 0. The van der Waals surface area contributed by atoms with Crippen LogP contribution in [0.2, 0.25) is 0 Å². The summed E-state index contributed by atoms with van der Waals surface area (Å²) in [5.74, 6) is 0.668. The van der Waals surface area contributed by atoms with E-state index >= 15 is 0 Å². The predicted octanol–water partition coefficient (Wildman–Crippen LogP) is 3.44. The van der Waals surface area contributed by atoms with Crippen LogP contribution in [0.3, 0.4) is 0 Å². The van der Waals surface area contributed by atoms with Crippen LogP contribution in [-0.2, 0) is 10.0 Å². The highest BCUT2D eigenvalue weighted by molar-refractivity contribution is 7.89. The van der Waals surface area contributed by atoms with E-state index < -0.39 is 10.0 Å². The van der Waals surface area contributed by atoms with Gasteiger partial charge in [-0.3, -0.25) is 0 Å². The van der Waals surface area contributed by atoms with Crippen molar-refractivity contribution in [2.45, 2.75) is 32.6 Å². The lowest BCUT2D eigenvalue weighted by molar-refractivity contribution is 0.384. The molecule has 0 amide bonds. The van der Waals surface area contributed by atoms with Gasteiger partial charge < -0.3 is 9.64 Å². The van der Waals surface area contributed by atoms with Crippen LogP contribution in [0.4, 0.5) is 5.69 Å². The first-order valence-corrected chi connectivity index (χ1v) is 10.7. The number of piperazine rings is 1. The molecule has 0 spiro atoms. The third kappa shape index (κ3) is 3.82. The second-order valence-corrected chi connectivity index (χ2v) is 9.18. The third-order valence-corrected chi connectivity index (χ3v) is 7.25. The maximum atomic E-state index is 13.1. The molecule has 2 aromatic carbocycles. The van der Waals surface area contributed by atoms with Crippen LogP contribution in [0, 0.1) is 27.7 Å². The van der Waals surface area contributed by atoms with Gasteiger partial charge in [-0.2, -0.15) is 4.31 Å². The average Bonchev–Trinajstić information content (AvgIpc) is 2.61. The zero-order valence-electron chi connectivity index (χ0n) is 16.7. The molecule has 5 nitrogen and oxygen atoms in total. The van der Waals surface area contributed by atoms with E-state index in [2.05, 4.69) is 37.8 Å². The van der Waals surface area contributed by atoms with Crippen molar-refractivity contribution < 1.29 is 13.2 Å². The van der Waals surface area contributed by atoms with Crippen LogP contribution in [0.5, 0.6) is 5.75 Å². The maximum Gasteiger partial charge on any atom is 0.243 e. The first-order valence-electron chi connectivity index (χ1n) is 9.21. The van der Waals surface area contributed by atoms with E-state index in [0.29, 0.717) is 42.4 Å². The molecule has 1 saturated heterocycles. The molecule has 0 N–H and O–H groups in total. The summed E-state index contributed by atoms with van der Waals surface area (Å²) in [6.45, 7) is 10.5. The van der Waals surface area contributed by atoms with Crippen LogP contribution in [-0.4, -0.2) is 46.0 Å². The van der Waals surface area contributed by atoms with Crippen molar-refractivity contribution in [2.75, 3.05) is 38.2 Å². The van der Waals surface area contributed by atoms with E-state index in [0.717, 1.165) is 0 Å². The fraction of sp³-hybridized carbons (Fsp3) is 0.429. The maximum absolute atomic E-state index is 13.1. The van der Waals surface area contributed by atoms with E-state index in [-0.39, 0.29) is 0 Å². The summed E-state index contributed by atoms with van der Waals surface area (Å²) in [5.41, 5.74) is 5.69. The summed E-state index contributed by atoms with van der Waals surface area (Å²) in [7, 11) is -1.92. The Balaban J connectivity index is 1.79. The predicted molar refractivity (Wildman–Crippen MR) is 109 cm³/mol. The van der Waals surface area contributed by atoms with Crippen LogP contribution in [0.25, 0.3) is 0 Å². The van der Waals surface area contributed by atoms with Crippen molar-refractivity contribution in [3.63, 3.8) is 0 Å². The lowest BCUT2D eigenvalue weighted by atomic mass is 10.0. The van der Waals surface area contributed by atoms with Crippen LogP contribution >= 0.6 is 0 Å². The van der Waals surface area contributed by atoms with Gasteiger partial charge in [-0.05, 0) is 62.6 Å². The van der Waals surface area contributed by atoms with Gasteiger partial charge in [0.15, 0.2) is 0 Å². The Bertz CT molecular complexity index is 923. The van der Waals surface area contributed by atoms with E-state index in [1.807, 2.05) is 6.92 Å². The minimum atomic E-state index is -3.50. The van der Waals surface area contributed by atoms with Crippen molar-refractivity contribution in [1.29, 1.82) is 0 Å². The van der Waals surface area contributed by atoms with Gasteiger partial charge in [0.1, 0.15) is 5.75 Å². The summed E-state index contributed by atoms with van der Waals surface area (Å²) in [6, 6.07) is 9.49. The van der Waals surface area contributed by atoms with E-state index in [9.17, 15) is 8.42 Å². The molecule has 1 aliphatic heterocycles. The molecule has 2 aromatic rings. The lowest BCUT2D eigenvalue weighted by Crippen LogP contribution is -2.49. The minimum Gasteiger partial charge on any atom is -0.497 e. The second-order valence-electron chi connectivity index (χ2n) is 7.27. The number of anilines is 1. The van der Waals surface area contributed by atoms with Gasteiger partial charge in [-0.15, -0.1) is 0 Å².